The third kappa shape index (κ3) is 6.68. The maximum Gasteiger partial charge on any atom is 0.418 e. The van der Waals surface area contributed by atoms with Crippen molar-refractivity contribution in [2.24, 2.45) is 0 Å². The molecule has 3 N–H and O–H groups in total. The number of nitrogens with zero attached hydrogens (tertiary/aromatic N) is 1. The van der Waals surface area contributed by atoms with Gasteiger partial charge < -0.3 is 9.84 Å². The number of hydrogen-bond donors (Lipinski definition) is 3. The summed E-state index contributed by atoms with van der Waals surface area (Å²) in [7, 11) is -2.62. The number of likely N-dealkylation sites (N-methyl/N-ethyl adjacent to an activating group) is 1. The highest BCUT2D eigenvalue weighted by Crippen LogP contribution is 2.27. The molecule has 0 bridgehead atoms. The molecule has 35 heavy (non-hydrogen) atoms. The predicted octanol–water partition coefficient (Wildman–Crippen LogP) is 4.49. The third-order valence-corrected chi connectivity index (χ3v) is 7.37. The minimum Gasteiger partial charge on any atom is -0.507 e. The Hall–Kier alpha value is -3.69. The van der Waals surface area contributed by atoms with E-state index >= 15 is 0 Å². The first-order valence-electron chi connectivity index (χ1n) is 11.1. The van der Waals surface area contributed by atoms with Crippen LogP contribution < -0.4 is 10.1 Å². The van der Waals surface area contributed by atoms with Gasteiger partial charge in [0.2, 0.25) is 10.0 Å². The average molecular weight is 496 g/mol. The van der Waals surface area contributed by atoms with Crippen molar-refractivity contribution in [2.45, 2.75) is 31.1 Å². The highest BCUT2D eigenvalue weighted by molar-refractivity contribution is 7.89. The molecule has 8 nitrogen and oxygen atoms in total. The van der Waals surface area contributed by atoms with Crippen LogP contribution in [0.4, 0.5) is 4.79 Å². The number of nitrogens with one attached hydrogen (secondary N) is 2. The Labute approximate surface area is 205 Å². The highest BCUT2D eigenvalue weighted by Gasteiger charge is 2.25. The van der Waals surface area contributed by atoms with Gasteiger partial charge in [0.25, 0.3) is 0 Å². The first kappa shape index (κ1) is 25.9. The fourth-order valence-corrected chi connectivity index (χ4v) is 4.59. The van der Waals surface area contributed by atoms with E-state index in [0.29, 0.717) is 18.1 Å². The molecule has 9 heteroatoms. The number of ether oxygens (including phenoxy) is 1. The van der Waals surface area contributed by atoms with Crippen molar-refractivity contribution >= 4 is 22.0 Å². The zero-order valence-electron chi connectivity index (χ0n) is 19.9. The number of benzene rings is 3. The first-order valence-corrected chi connectivity index (χ1v) is 12.5. The van der Waals surface area contributed by atoms with Gasteiger partial charge in [0, 0.05) is 19.2 Å². The summed E-state index contributed by atoms with van der Waals surface area (Å²) in [6.45, 7) is 4.42. The van der Waals surface area contributed by atoms with E-state index < -0.39 is 21.9 Å². The highest BCUT2D eigenvalue weighted by atomic mass is 32.2. The molecule has 3 aromatic rings. The number of hydrogen-bond acceptors (Lipinski definition) is 6. The smallest absolute Gasteiger partial charge is 0.418 e. The summed E-state index contributed by atoms with van der Waals surface area (Å²) >= 11 is 0. The summed E-state index contributed by atoms with van der Waals surface area (Å²) in [5.41, 5.74) is 2.31. The summed E-state index contributed by atoms with van der Waals surface area (Å²) in [5.74, 6) is -0.0974. The van der Waals surface area contributed by atoms with E-state index in [1.165, 1.54) is 24.7 Å². The van der Waals surface area contributed by atoms with Gasteiger partial charge in [0.15, 0.2) is 0 Å². The lowest BCUT2D eigenvalue weighted by Gasteiger charge is -2.19. The topological polar surface area (TPSA) is 120 Å². The number of phenols is 1. The van der Waals surface area contributed by atoms with Gasteiger partial charge in [-0.25, -0.2) is 17.5 Å². The summed E-state index contributed by atoms with van der Waals surface area (Å²) in [4.78, 5) is 11.7. The summed E-state index contributed by atoms with van der Waals surface area (Å²) in [6.07, 6.45) is -0.392. The van der Waals surface area contributed by atoms with Crippen LogP contribution in [0.1, 0.15) is 36.5 Å². The Morgan fingerprint density at radius 2 is 1.71 bits per heavy atom. The first-order chi connectivity index (χ1) is 16.6. The lowest BCUT2D eigenvalue weighted by atomic mass is 10.0. The Balaban J connectivity index is 1.69. The van der Waals surface area contributed by atoms with E-state index in [1.54, 1.807) is 30.3 Å². The van der Waals surface area contributed by atoms with E-state index in [9.17, 15) is 18.3 Å². The molecule has 0 fully saturated rings. The van der Waals surface area contributed by atoms with Crippen LogP contribution in [-0.2, 0) is 16.4 Å². The van der Waals surface area contributed by atoms with E-state index in [0.717, 1.165) is 15.9 Å². The van der Waals surface area contributed by atoms with Crippen molar-refractivity contribution in [3.8, 4) is 11.5 Å². The van der Waals surface area contributed by atoms with Crippen LogP contribution in [-0.4, -0.2) is 43.4 Å². The van der Waals surface area contributed by atoms with Crippen LogP contribution in [0.3, 0.4) is 0 Å². The standard InChI is InChI=1S/C26H29N3O5S/c1-18(2)20-11-9-19(10-12-20)15-16-29(3)35(32,33)24-17-21(13-14-23(24)30)25(27)28-26(31)34-22-7-5-4-6-8-22/h4-14,17-18,30H,15-16H2,1-3H3,(H2,27,28,31). The van der Waals surface area contributed by atoms with Crippen molar-refractivity contribution < 1.29 is 23.1 Å². The summed E-state index contributed by atoms with van der Waals surface area (Å²) < 4.78 is 32.5. The molecule has 0 heterocycles. The number of aromatic hydroxyl groups is 1. The van der Waals surface area contributed by atoms with Crippen molar-refractivity contribution in [1.82, 2.24) is 9.62 Å². The largest absolute Gasteiger partial charge is 0.507 e. The third-order valence-electron chi connectivity index (χ3n) is 5.48. The molecular weight excluding hydrogens is 466 g/mol. The van der Waals surface area contributed by atoms with Crippen molar-refractivity contribution in [3.63, 3.8) is 0 Å². The molecule has 3 aromatic carbocycles. The number of rotatable bonds is 8. The van der Waals surface area contributed by atoms with Crippen LogP contribution in [0.25, 0.3) is 0 Å². The van der Waals surface area contributed by atoms with Gasteiger partial charge >= 0.3 is 6.09 Å². The summed E-state index contributed by atoms with van der Waals surface area (Å²) in [5, 5.41) is 20.7. The van der Waals surface area contributed by atoms with Gasteiger partial charge in [-0.15, -0.1) is 0 Å². The van der Waals surface area contributed by atoms with E-state index in [-0.39, 0.29) is 22.8 Å². The number of amidine groups is 1. The van der Waals surface area contributed by atoms with Crippen molar-refractivity contribution in [3.05, 3.63) is 89.5 Å². The molecule has 0 aliphatic heterocycles. The van der Waals surface area contributed by atoms with Crippen LogP contribution >= 0.6 is 0 Å². The lowest BCUT2D eigenvalue weighted by Crippen LogP contribution is -2.33. The molecular formula is C26H29N3O5S. The Bertz CT molecular complexity index is 1290. The van der Waals surface area contributed by atoms with Gasteiger partial charge in [-0.3, -0.25) is 10.7 Å². The molecule has 0 spiro atoms. The second-order valence-electron chi connectivity index (χ2n) is 8.36. The Morgan fingerprint density at radius 3 is 2.34 bits per heavy atom. The summed E-state index contributed by atoms with van der Waals surface area (Å²) in [6, 6.07) is 20.0. The van der Waals surface area contributed by atoms with Crippen molar-refractivity contribution in [1.29, 1.82) is 5.41 Å². The second kappa shape index (κ2) is 11.2. The predicted molar refractivity (Wildman–Crippen MR) is 135 cm³/mol. The zero-order chi connectivity index (χ0) is 25.6. The normalized spacial score (nSPS) is 11.5. The maximum absolute atomic E-state index is 13.1. The molecule has 0 saturated heterocycles. The number of carbonyl (C=O) groups excluding carboxylic acids is 1. The van der Waals surface area contributed by atoms with Gasteiger partial charge in [-0.1, -0.05) is 56.3 Å². The molecule has 0 radical (unpaired) electrons. The van der Waals surface area contributed by atoms with Gasteiger partial charge in [0.1, 0.15) is 22.2 Å². The Morgan fingerprint density at radius 1 is 1.06 bits per heavy atom. The molecule has 0 aliphatic rings. The fourth-order valence-electron chi connectivity index (χ4n) is 3.32. The van der Waals surface area contributed by atoms with E-state index in [1.807, 2.05) is 24.3 Å². The maximum atomic E-state index is 13.1. The number of carbonyl (C=O) groups is 1. The van der Waals surface area contributed by atoms with E-state index in [4.69, 9.17) is 10.1 Å². The minimum absolute atomic E-state index is 0.101. The monoisotopic (exact) mass is 495 g/mol. The Kier molecular flexibility index (Phi) is 8.26. The molecule has 0 atom stereocenters. The molecule has 0 unspecified atom stereocenters. The van der Waals surface area contributed by atoms with Crippen LogP contribution in [0, 0.1) is 5.41 Å². The number of sulfonamides is 1. The van der Waals surface area contributed by atoms with Crippen LogP contribution in [0.2, 0.25) is 0 Å². The van der Waals surface area contributed by atoms with Gasteiger partial charge in [-0.05, 0) is 53.8 Å². The number of amides is 1. The van der Waals surface area contributed by atoms with Crippen molar-refractivity contribution in [2.75, 3.05) is 13.6 Å². The molecule has 0 aromatic heterocycles. The van der Waals surface area contributed by atoms with Crippen LogP contribution in [0.15, 0.2) is 77.7 Å². The SMILES string of the molecule is CC(C)c1ccc(CCN(C)S(=O)(=O)c2cc(C(=N)NC(=O)Oc3ccccc3)ccc2O)cc1. The minimum atomic E-state index is -4.05. The molecule has 0 saturated carbocycles. The second-order valence-corrected chi connectivity index (χ2v) is 10.4. The number of phenolic OH excluding ortho intramolecular Hbond substituents is 1. The molecule has 184 valence electrons. The fraction of sp³-hybridized carbons (Fsp3) is 0.231. The number of para-hydroxylation sites is 1. The quantitative estimate of drug-likeness (QED) is 0.314. The molecule has 1 amide bonds. The molecule has 3 rings (SSSR count). The van der Waals surface area contributed by atoms with Gasteiger partial charge in [-0.2, -0.15) is 0 Å². The zero-order valence-corrected chi connectivity index (χ0v) is 20.7. The van der Waals surface area contributed by atoms with Crippen LogP contribution in [0.5, 0.6) is 11.5 Å². The average Bonchev–Trinajstić information content (AvgIpc) is 2.83. The van der Waals surface area contributed by atoms with E-state index in [2.05, 4.69) is 19.2 Å². The van der Waals surface area contributed by atoms with Gasteiger partial charge in [0.05, 0.1) is 0 Å². The molecule has 0 aliphatic carbocycles. The lowest BCUT2D eigenvalue weighted by molar-refractivity contribution is 0.206.